The molecule has 2 aliphatic heterocycles. The van der Waals surface area contributed by atoms with E-state index < -0.39 is 0 Å². The predicted molar refractivity (Wildman–Crippen MR) is 132 cm³/mol. The summed E-state index contributed by atoms with van der Waals surface area (Å²) in [5.41, 5.74) is 4.87. The Morgan fingerprint density at radius 3 is 2.39 bits per heavy atom. The van der Waals surface area contributed by atoms with Crippen molar-refractivity contribution >= 4 is 0 Å². The van der Waals surface area contributed by atoms with Gasteiger partial charge in [-0.3, -0.25) is 4.90 Å². The zero-order valence-corrected chi connectivity index (χ0v) is 19.4. The van der Waals surface area contributed by atoms with E-state index in [0.717, 1.165) is 30.2 Å². The number of hydrogen-bond acceptors (Lipinski definition) is 4. The maximum atomic E-state index is 9.97. The molecule has 0 bridgehead atoms. The fraction of sp³-hybridized carbons (Fsp3) is 0.379. The molecule has 4 heteroatoms. The number of piperidine rings is 1. The van der Waals surface area contributed by atoms with E-state index in [2.05, 4.69) is 60.4 Å². The first-order valence-electron chi connectivity index (χ1n) is 12.1. The number of phenolic OH excluding ortho intramolecular Hbond substituents is 1. The van der Waals surface area contributed by atoms with Crippen molar-refractivity contribution in [2.75, 3.05) is 32.8 Å². The zero-order valence-electron chi connectivity index (χ0n) is 19.4. The van der Waals surface area contributed by atoms with E-state index in [1.54, 1.807) is 12.1 Å². The summed E-state index contributed by atoms with van der Waals surface area (Å²) in [6, 6.07) is 22.8. The minimum absolute atomic E-state index is 0.152. The van der Waals surface area contributed by atoms with Crippen LogP contribution >= 0.6 is 0 Å². The molecule has 1 N–H and O–H groups in total. The summed E-state index contributed by atoms with van der Waals surface area (Å²) in [5, 5.41) is 9.97. The first kappa shape index (κ1) is 21.8. The van der Waals surface area contributed by atoms with E-state index in [9.17, 15) is 5.11 Å². The molecule has 33 heavy (non-hydrogen) atoms. The SMILES string of the molecule is Cc1ccc(C2COc3cc(O)ccc3C2c2ccc(OCCN3CCCCC3)cc2)cc1. The number of nitrogens with zero attached hydrogens (tertiary/aromatic N) is 1. The van der Waals surface area contributed by atoms with Gasteiger partial charge in [0.25, 0.3) is 0 Å². The second-order valence-corrected chi connectivity index (χ2v) is 9.35. The second kappa shape index (κ2) is 9.88. The molecule has 0 amide bonds. The van der Waals surface area contributed by atoms with E-state index in [0.29, 0.717) is 6.61 Å². The van der Waals surface area contributed by atoms with Crippen LogP contribution in [0.4, 0.5) is 0 Å². The highest BCUT2D eigenvalue weighted by Crippen LogP contribution is 2.47. The Morgan fingerprint density at radius 2 is 1.64 bits per heavy atom. The van der Waals surface area contributed by atoms with E-state index in [-0.39, 0.29) is 17.6 Å². The Hall–Kier alpha value is -2.98. The van der Waals surface area contributed by atoms with Crippen molar-refractivity contribution in [1.82, 2.24) is 4.90 Å². The zero-order chi connectivity index (χ0) is 22.6. The van der Waals surface area contributed by atoms with Crippen LogP contribution in [-0.2, 0) is 0 Å². The van der Waals surface area contributed by atoms with Crippen LogP contribution in [0.25, 0.3) is 0 Å². The van der Waals surface area contributed by atoms with Crippen LogP contribution < -0.4 is 9.47 Å². The first-order valence-corrected chi connectivity index (χ1v) is 12.1. The van der Waals surface area contributed by atoms with Crippen molar-refractivity contribution in [1.29, 1.82) is 0 Å². The smallest absolute Gasteiger partial charge is 0.126 e. The van der Waals surface area contributed by atoms with E-state index in [4.69, 9.17) is 9.47 Å². The minimum Gasteiger partial charge on any atom is -0.508 e. The monoisotopic (exact) mass is 443 g/mol. The molecular weight excluding hydrogens is 410 g/mol. The van der Waals surface area contributed by atoms with Gasteiger partial charge in [0, 0.05) is 30.0 Å². The molecule has 5 rings (SSSR count). The van der Waals surface area contributed by atoms with Crippen LogP contribution in [0.1, 0.15) is 53.4 Å². The van der Waals surface area contributed by atoms with Gasteiger partial charge in [0.15, 0.2) is 0 Å². The number of benzene rings is 3. The van der Waals surface area contributed by atoms with E-state index in [1.807, 2.05) is 6.07 Å². The summed E-state index contributed by atoms with van der Waals surface area (Å²) in [6.45, 7) is 6.81. The fourth-order valence-corrected chi connectivity index (χ4v) is 5.16. The molecule has 2 unspecified atom stereocenters. The molecule has 0 spiro atoms. The van der Waals surface area contributed by atoms with Crippen LogP contribution in [0, 0.1) is 6.92 Å². The lowest BCUT2D eigenvalue weighted by atomic mass is 9.76. The molecule has 0 saturated carbocycles. The summed E-state index contributed by atoms with van der Waals surface area (Å²) in [7, 11) is 0. The molecule has 2 atom stereocenters. The van der Waals surface area contributed by atoms with Crippen LogP contribution in [0.15, 0.2) is 66.7 Å². The molecule has 2 heterocycles. The quantitative estimate of drug-likeness (QED) is 0.517. The summed E-state index contributed by atoms with van der Waals surface area (Å²) in [4.78, 5) is 2.50. The highest BCUT2D eigenvalue weighted by Gasteiger charge is 2.33. The summed E-state index contributed by atoms with van der Waals surface area (Å²) >= 11 is 0. The number of phenols is 1. The van der Waals surface area contributed by atoms with Crippen molar-refractivity contribution in [2.24, 2.45) is 0 Å². The van der Waals surface area contributed by atoms with Gasteiger partial charge in [0.1, 0.15) is 23.9 Å². The Balaban J connectivity index is 1.36. The van der Waals surface area contributed by atoms with Crippen molar-refractivity contribution in [3.63, 3.8) is 0 Å². The van der Waals surface area contributed by atoms with Crippen LogP contribution in [0.3, 0.4) is 0 Å². The highest BCUT2D eigenvalue weighted by molar-refractivity contribution is 5.51. The van der Waals surface area contributed by atoms with Crippen molar-refractivity contribution in [2.45, 2.75) is 38.0 Å². The third-order valence-electron chi connectivity index (χ3n) is 7.02. The van der Waals surface area contributed by atoms with Crippen molar-refractivity contribution in [3.05, 3.63) is 89.0 Å². The number of fused-ring (bicyclic) bond motifs is 1. The summed E-state index contributed by atoms with van der Waals surface area (Å²) < 4.78 is 12.2. The third-order valence-corrected chi connectivity index (χ3v) is 7.02. The molecule has 3 aromatic carbocycles. The number of aromatic hydroxyl groups is 1. The number of rotatable bonds is 6. The second-order valence-electron chi connectivity index (χ2n) is 9.35. The molecule has 1 saturated heterocycles. The Labute approximate surface area is 196 Å². The molecule has 1 fully saturated rings. The lowest BCUT2D eigenvalue weighted by molar-refractivity contribution is 0.183. The van der Waals surface area contributed by atoms with Gasteiger partial charge in [-0.15, -0.1) is 0 Å². The predicted octanol–water partition coefficient (Wildman–Crippen LogP) is 5.87. The van der Waals surface area contributed by atoms with Gasteiger partial charge in [-0.05, 0) is 62.2 Å². The summed E-state index contributed by atoms with van der Waals surface area (Å²) in [6.07, 6.45) is 3.97. The van der Waals surface area contributed by atoms with Crippen LogP contribution in [-0.4, -0.2) is 42.9 Å². The largest absolute Gasteiger partial charge is 0.508 e. The Morgan fingerprint density at radius 1 is 0.909 bits per heavy atom. The van der Waals surface area contributed by atoms with E-state index >= 15 is 0 Å². The van der Waals surface area contributed by atoms with Gasteiger partial charge in [-0.2, -0.15) is 0 Å². The number of ether oxygens (including phenoxy) is 2. The lowest BCUT2D eigenvalue weighted by Gasteiger charge is -2.34. The number of aryl methyl sites for hydroxylation is 1. The maximum Gasteiger partial charge on any atom is 0.126 e. The molecule has 0 aliphatic carbocycles. The van der Waals surface area contributed by atoms with Crippen molar-refractivity contribution < 1.29 is 14.6 Å². The molecule has 3 aromatic rings. The average Bonchev–Trinajstić information content (AvgIpc) is 2.85. The topological polar surface area (TPSA) is 41.9 Å². The van der Waals surface area contributed by atoms with Crippen LogP contribution in [0.2, 0.25) is 0 Å². The first-order chi connectivity index (χ1) is 16.2. The van der Waals surface area contributed by atoms with Gasteiger partial charge < -0.3 is 14.6 Å². The normalized spacial score (nSPS) is 20.6. The Bertz CT molecular complexity index is 1060. The molecular formula is C29H33NO3. The van der Waals surface area contributed by atoms with Gasteiger partial charge in [-0.1, -0.05) is 54.4 Å². The summed E-state index contributed by atoms with van der Waals surface area (Å²) in [5.74, 6) is 2.28. The molecule has 4 nitrogen and oxygen atoms in total. The molecule has 0 radical (unpaired) electrons. The Kier molecular flexibility index (Phi) is 6.54. The maximum absolute atomic E-state index is 9.97. The molecule has 0 aromatic heterocycles. The highest BCUT2D eigenvalue weighted by atomic mass is 16.5. The number of hydrogen-bond donors (Lipinski definition) is 1. The van der Waals surface area contributed by atoms with Crippen LogP contribution in [0.5, 0.6) is 17.2 Å². The average molecular weight is 444 g/mol. The third kappa shape index (κ3) is 5.01. The molecule has 2 aliphatic rings. The van der Waals surface area contributed by atoms with Gasteiger partial charge in [0.05, 0.1) is 6.61 Å². The van der Waals surface area contributed by atoms with Gasteiger partial charge >= 0.3 is 0 Å². The van der Waals surface area contributed by atoms with Crippen molar-refractivity contribution in [3.8, 4) is 17.2 Å². The molecule has 172 valence electrons. The lowest BCUT2D eigenvalue weighted by Crippen LogP contribution is -2.33. The minimum atomic E-state index is 0.152. The van der Waals surface area contributed by atoms with Gasteiger partial charge in [0.2, 0.25) is 0 Å². The van der Waals surface area contributed by atoms with E-state index in [1.165, 1.54) is 49.0 Å². The fourth-order valence-electron chi connectivity index (χ4n) is 5.16. The number of likely N-dealkylation sites (tertiary alicyclic amines) is 1. The van der Waals surface area contributed by atoms with Gasteiger partial charge in [-0.25, -0.2) is 0 Å². The standard InChI is InChI=1S/C29H33NO3/c1-21-5-7-22(8-6-21)27-20-33-28-19-24(31)11-14-26(28)29(27)23-9-12-25(13-10-23)32-18-17-30-15-3-2-4-16-30/h5-14,19,27,29,31H,2-4,15-18,20H2,1H3.